The number of anilines is 2. The van der Waals surface area contributed by atoms with Gasteiger partial charge in [0.05, 0.1) is 5.56 Å². The first-order valence-corrected chi connectivity index (χ1v) is 10.4. The number of nitrogens with zero attached hydrogens (tertiary/aromatic N) is 1. The van der Waals surface area contributed by atoms with Gasteiger partial charge in [0, 0.05) is 37.6 Å². The highest BCUT2D eigenvalue weighted by atomic mass is 16.2. The summed E-state index contributed by atoms with van der Waals surface area (Å²) in [6, 6.07) is 22.9. The fraction of sp³-hybridized carbons (Fsp3) is 0.231. The van der Waals surface area contributed by atoms with Crippen molar-refractivity contribution in [1.29, 1.82) is 0 Å². The highest BCUT2D eigenvalue weighted by Gasteiger charge is 2.15. The van der Waals surface area contributed by atoms with E-state index in [0.717, 1.165) is 16.8 Å². The Labute approximate surface area is 184 Å². The van der Waals surface area contributed by atoms with Crippen LogP contribution < -0.4 is 15.5 Å². The Morgan fingerprint density at radius 2 is 1.48 bits per heavy atom. The Bertz CT molecular complexity index is 1040. The predicted octanol–water partition coefficient (Wildman–Crippen LogP) is 5.06. The maximum Gasteiger partial charge on any atom is 0.255 e. The predicted molar refractivity (Wildman–Crippen MR) is 128 cm³/mol. The lowest BCUT2D eigenvalue weighted by atomic mass is 10.0. The minimum absolute atomic E-state index is 0.152. The van der Waals surface area contributed by atoms with Gasteiger partial charge in [-0.15, -0.1) is 0 Å². The summed E-state index contributed by atoms with van der Waals surface area (Å²) in [4.78, 5) is 27.3. The van der Waals surface area contributed by atoms with Gasteiger partial charge in [-0.25, -0.2) is 0 Å². The first kappa shape index (κ1) is 22.1. The van der Waals surface area contributed by atoms with Crippen LogP contribution in [0.1, 0.15) is 34.6 Å². The van der Waals surface area contributed by atoms with E-state index in [-0.39, 0.29) is 11.8 Å². The van der Waals surface area contributed by atoms with Crippen molar-refractivity contribution in [2.75, 3.05) is 30.9 Å². The molecule has 2 amide bonds. The molecule has 0 fully saturated rings. The van der Waals surface area contributed by atoms with Gasteiger partial charge in [0.1, 0.15) is 0 Å². The minimum Gasteiger partial charge on any atom is -0.377 e. The van der Waals surface area contributed by atoms with E-state index in [1.165, 1.54) is 0 Å². The zero-order chi connectivity index (χ0) is 22.4. The van der Waals surface area contributed by atoms with Crippen molar-refractivity contribution >= 4 is 23.2 Å². The van der Waals surface area contributed by atoms with E-state index in [4.69, 9.17) is 0 Å². The standard InChI is InChI=1S/C26H29N3O2/c1-18(2)17-27-26(31)23-16-22(14-15-24(23)29(3)4)28-25(30)21-12-10-20(11-13-21)19-8-6-5-7-9-19/h5-16,18H,17H2,1-4H3,(H,27,31)(H,28,30). The summed E-state index contributed by atoms with van der Waals surface area (Å²) in [6.07, 6.45) is 0. The van der Waals surface area contributed by atoms with Crippen molar-refractivity contribution < 1.29 is 9.59 Å². The van der Waals surface area contributed by atoms with Gasteiger partial charge >= 0.3 is 0 Å². The number of carbonyl (C=O) groups excluding carboxylic acids is 2. The lowest BCUT2D eigenvalue weighted by Gasteiger charge is -2.19. The summed E-state index contributed by atoms with van der Waals surface area (Å²) < 4.78 is 0. The molecule has 0 aromatic heterocycles. The molecule has 160 valence electrons. The van der Waals surface area contributed by atoms with Crippen molar-refractivity contribution in [1.82, 2.24) is 5.32 Å². The Morgan fingerprint density at radius 3 is 2.10 bits per heavy atom. The number of benzene rings is 3. The Kier molecular flexibility index (Phi) is 7.08. The molecule has 2 N–H and O–H groups in total. The third kappa shape index (κ3) is 5.72. The highest BCUT2D eigenvalue weighted by Crippen LogP contribution is 2.24. The SMILES string of the molecule is CC(C)CNC(=O)c1cc(NC(=O)c2ccc(-c3ccccc3)cc2)ccc1N(C)C. The van der Waals surface area contributed by atoms with Crippen LogP contribution in [0.25, 0.3) is 11.1 Å². The van der Waals surface area contributed by atoms with Crippen LogP contribution in [0, 0.1) is 5.92 Å². The van der Waals surface area contributed by atoms with Gasteiger partial charge in [0.15, 0.2) is 0 Å². The van der Waals surface area contributed by atoms with E-state index < -0.39 is 0 Å². The van der Waals surface area contributed by atoms with Crippen LogP contribution in [0.5, 0.6) is 0 Å². The highest BCUT2D eigenvalue weighted by molar-refractivity contribution is 6.06. The Balaban J connectivity index is 1.77. The number of carbonyl (C=O) groups is 2. The molecule has 0 aliphatic rings. The fourth-order valence-corrected chi connectivity index (χ4v) is 3.23. The lowest BCUT2D eigenvalue weighted by Crippen LogP contribution is -2.29. The summed E-state index contributed by atoms with van der Waals surface area (Å²) in [7, 11) is 3.78. The van der Waals surface area contributed by atoms with Gasteiger partial charge in [0.2, 0.25) is 0 Å². The first-order valence-electron chi connectivity index (χ1n) is 10.4. The molecule has 0 saturated carbocycles. The van der Waals surface area contributed by atoms with E-state index >= 15 is 0 Å². The molecule has 3 rings (SSSR count). The van der Waals surface area contributed by atoms with Crippen molar-refractivity contribution in [3.63, 3.8) is 0 Å². The second-order valence-corrected chi connectivity index (χ2v) is 8.13. The van der Waals surface area contributed by atoms with Crippen molar-refractivity contribution in [2.24, 2.45) is 5.92 Å². The monoisotopic (exact) mass is 415 g/mol. The smallest absolute Gasteiger partial charge is 0.255 e. The van der Waals surface area contributed by atoms with Crippen LogP contribution in [0.3, 0.4) is 0 Å². The minimum atomic E-state index is -0.217. The zero-order valence-electron chi connectivity index (χ0n) is 18.5. The summed E-state index contributed by atoms with van der Waals surface area (Å²) >= 11 is 0. The summed E-state index contributed by atoms with van der Waals surface area (Å²) in [5.41, 5.74) is 4.62. The van der Waals surface area contributed by atoms with Crippen LogP contribution in [-0.4, -0.2) is 32.5 Å². The quantitative estimate of drug-likeness (QED) is 0.567. The summed E-state index contributed by atoms with van der Waals surface area (Å²) in [6.45, 7) is 4.69. The Hall–Kier alpha value is -3.60. The van der Waals surface area contributed by atoms with E-state index in [9.17, 15) is 9.59 Å². The Morgan fingerprint density at radius 1 is 0.839 bits per heavy atom. The molecular weight excluding hydrogens is 386 g/mol. The van der Waals surface area contributed by atoms with Crippen LogP contribution in [0.4, 0.5) is 11.4 Å². The topological polar surface area (TPSA) is 61.4 Å². The van der Waals surface area contributed by atoms with Gasteiger partial charge in [-0.1, -0.05) is 56.3 Å². The average molecular weight is 416 g/mol. The maximum atomic E-state index is 12.8. The normalized spacial score (nSPS) is 10.6. The molecule has 31 heavy (non-hydrogen) atoms. The van der Waals surface area contributed by atoms with Gasteiger partial charge in [-0.05, 0) is 47.4 Å². The van der Waals surface area contributed by atoms with Gasteiger partial charge < -0.3 is 15.5 Å². The summed E-state index contributed by atoms with van der Waals surface area (Å²) in [5.74, 6) is -0.0139. The second kappa shape index (κ2) is 9.94. The molecule has 0 heterocycles. The third-order valence-electron chi connectivity index (χ3n) is 4.91. The van der Waals surface area contributed by atoms with Gasteiger partial charge in [-0.3, -0.25) is 9.59 Å². The van der Waals surface area contributed by atoms with Gasteiger partial charge in [0.25, 0.3) is 11.8 Å². The molecule has 0 aliphatic carbocycles. The molecule has 0 spiro atoms. The van der Waals surface area contributed by atoms with E-state index in [1.54, 1.807) is 6.07 Å². The molecule has 3 aromatic carbocycles. The number of rotatable bonds is 7. The molecule has 0 unspecified atom stereocenters. The van der Waals surface area contributed by atoms with E-state index in [2.05, 4.69) is 10.6 Å². The van der Waals surface area contributed by atoms with E-state index in [0.29, 0.717) is 29.3 Å². The zero-order valence-corrected chi connectivity index (χ0v) is 18.5. The number of nitrogens with one attached hydrogen (secondary N) is 2. The summed E-state index contributed by atoms with van der Waals surface area (Å²) in [5, 5.41) is 5.86. The molecule has 0 saturated heterocycles. The number of amides is 2. The van der Waals surface area contributed by atoms with Crippen molar-refractivity contribution in [3.8, 4) is 11.1 Å². The molecule has 0 bridgehead atoms. The molecule has 5 heteroatoms. The number of hydrogen-bond donors (Lipinski definition) is 2. The molecule has 5 nitrogen and oxygen atoms in total. The van der Waals surface area contributed by atoms with Crippen LogP contribution in [0.15, 0.2) is 72.8 Å². The largest absolute Gasteiger partial charge is 0.377 e. The lowest BCUT2D eigenvalue weighted by molar-refractivity contribution is 0.0948. The fourth-order valence-electron chi connectivity index (χ4n) is 3.23. The first-order chi connectivity index (χ1) is 14.8. The molecule has 0 aliphatic heterocycles. The van der Waals surface area contributed by atoms with Crippen molar-refractivity contribution in [2.45, 2.75) is 13.8 Å². The maximum absolute atomic E-state index is 12.8. The number of hydrogen-bond acceptors (Lipinski definition) is 3. The molecule has 0 radical (unpaired) electrons. The average Bonchev–Trinajstić information content (AvgIpc) is 2.78. The molecule has 0 atom stereocenters. The van der Waals surface area contributed by atoms with Crippen LogP contribution >= 0.6 is 0 Å². The van der Waals surface area contributed by atoms with Gasteiger partial charge in [-0.2, -0.15) is 0 Å². The molecular formula is C26H29N3O2. The third-order valence-corrected chi connectivity index (χ3v) is 4.91. The van der Waals surface area contributed by atoms with Crippen LogP contribution in [0.2, 0.25) is 0 Å². The van der Waals surface area contributed by atoms with Crippen LogP contribution in [-0.2, 0) is 0 Å². The van der Waals surface area contributed by atoms with Crippen molar-refractivity contribution in [3.05, 3.63) is 83.9 Å². The van der Waals surface area contributed by atoms with E-state index in [1.807, 2.05) is 99.6 Å². The second-order valence-electron chi connectivity index (χ2n) is 8.13. The molecule has 3 aromatic rings.